The van der Waals surface area contributed by atoms with Gasteiger partial charge in [-0.05, 0) is 41.1 Å². The molecule has 2 aromatic rings. The Bertz CT molecular complexity index is 595. The van der Waals surface area contributed by atoms with Crippen molar-refractivity contribution in [2.45, 2.75) is 13.0 Å². The predicted octanol–water partition coefficient (Wildman–Crippen LogP) is 2.44. The van der Waals surface area contributed by atoms with E-state index < -0.39 is 11.0 Å². The van der Waals surface area contributed by atoms with Crippen LogP contribution in [0.25, 0.3) is 5.69 Å². The van der Waals surface area contributed by atoms with Crippen LogP contribution in [0.15, 0.2) is 30.6 Å². The van der Waals surface area contributed by atoms with Crippen molar-refractivity contribution < 1.29 is 10.0 Å². The van der Waals surface area contributed by atoms with E-state index in [1.165, 1.54) is 10.7 Å². The molecular formula is C11H10IN3O3. The maximum Gasteiger partial charge on any atom is 0.295 e. The summed E-state index contributed by atoms with van der Waals surface area (Å²) in [7, 11) is 0. The average molecular weight is 359 g/mol. The number of benzene rings is 1. The Morgan fingerprint density at radius 2 is 2.28 bits per heavy atom. The van der Waals surface area contributed by atoms with Gasteiger partial charge in [0.15, 0.2) is 0 Å². The molecule has 1 aromatic carbocycles. The highest BCUT2D eigenvalue weighted by molar-refractivity contribution is 14.1. The Kier molecular flexibility index (Phi) is 3.62. The summed E-state index contributed by atoms with van der Waals surface area (Å²) in [5.41, 5.74) is 0.813. The van der Waals surface area contributed by atoms with Crippen molar-refractivity contribution in [3.05, 3.63) is 49.8 Å². The summed E-state index contributed by atoms with van der Waals surface area (Å²) in [6, 6.07) is 4.61. The zero-order valence-electron chi connectivity index (χ0n) is 9.45. The lowest BCUT2D eigenvalue weighted by atomic mass is 10.1. The van der Waals surface area contributed by atoms with E-state index in [1.54, 1.807) is 31.5 Å². The van der Waals surface area contributed by atoms with Gasteiger partial charge in [0.05, 0.1) is 20.8 Å². The topological polar surface area (TPSA) is 81.2 Å². The first kappa shape index (κ1) is 13.0. The Hall–Kier alpha value is -1.48. The van der Waals surface area contributed by atoms with Crippen LogP contribution in [-0.2, 0) is 0 Å². The van der Waals surface area contributed by atoms with Gasteiger partial charge in [-0.15, -0.1) is 0 Å². The minimum atomic E-state index is -0.740. The number of aliphatic hydroxyl groups is 1. The maximum atomic E-state index is 11.1. The third-order valence-electron chi connectivity index (χ3n) is 2.48. The Labute approximate surface area is 117 Å². The van der Waals surface area contributed by atoms with Crippen LogP contribution in [0.4, 0.5) is 5.69 Å². The van der Waals surface area contributed by atoms with E-state index in [9.17, 15) is 15.2 Å². The van der Waals surface area contributed by atoms with E-state index >= 15 is 0 Å². The zero-order valence-corrected chi connectivity index (χ0v) is 11.6. The summed E-state index contributed by atoms with van der Waals surface area (Å²) >= 11 is 2.08. The number of rotatable bonds is 3. The maximum absolute atomic E-state index is 11.1. The van der Waals surface area contributed by atoms with E-state index in [2.05, 4.69) is 27.7 Å². The molecule has 1 atom stereocenters. The predicted molar refractivity (Wildman–Crippen MR) is 73.6 cm³/mol. The highest BCUT2D eigenvalue weighted by Gasteiger charge is 2.18. The molecule has 0 aliphatic carbocycles. The van der Waals surface area contributed by atoms with Crippen molar-refractivity contribution in [3.63, 3.8) is 0 Å². The normalized spacial score (nSPS) is 12.4. The second-order valence-corrected chi connectivity index (χ2v) is 5.03. The van der Waals surface area contributed by atoms with Crippen LogP contribution in [0.3, 0.4) is 0 Å². The molecule has 0 unspecified atom stereocenters. The molecule has 0 aliphatic rings. The molecule has 1 aromatic heterocycles. The van der Waals surface area contributed by atoms with Crippen LogP contribution in [-0.4, -0.2) is 19.8 Å². The van der Waals surface area contributed by atoms with E-state index in [0.29, 0.717) is 11.3 Å². The minimum Gasteiger partial charge on any atom is -0.389 e. The first-order valence-corrected chi connectivity index (χ1v) is 6.24. The van der Waals surface area contributed by atoms with Crippen molar-refractivity contribution >= 4 is 28.3 Å². The largest absolute Gasteiger partial charge is 0.389 e. The molecule has 0 fully saturated rings. The monoisotopic (exact) mass is 359 g/mol. The van der Waals surface area contributed by atoms with Gasteiger partial charge in [0.2, 0.25) is 0 Å². The van der Waals surface area contributed by atoms with Gasteiger partial charge in [-0.1, -0.05) is 6.07 Å². The zero-order chi connectivity index (χ0) is 13.3. The van der Waals surface area contributed by atoms with Crippen molar-refractivity contribution in [1.29, 1.82) is 0 Å². The second-order valence-electron chi connectivity index (χ2n) is 3.78. The summed E-state index contributed by atoms with van der Waals surface area (Å²) in [6.45, 7) is 1.57. The van der Waals surface area contributed by atoms with Gasteiger partial charge in [0.25, 0.3) is 5.69 Å². The van der Waals surface area contributed by atoms with Crippen molar-refractivity contribution in [3.8, 4) is 5.69 Å². The molecule has 6 nitrogen and oxygen atoms in total. The molecule has 0 aliphatic heterocycles. The number of halogens is 1. The molecule has 1 N–H and O–H groups in total. The van der Waals surface area contributed by atoms with Gasteiger partial charge >= 0.3 is 0 Å². The van der Waals surface area contributed by atoms with E-state index in [1.807, 2.05) is 0 Å². The molecule has 94 valence electrons. The van der Waals surface area contributed by atoms with Gasteiger partial charge in [-0.25, -0.2) is 4.68 Å². The third-order valence-corrected chi connectivity index (χ3v) is 3.03. The van der Waals surface area contributed by atoms with Crippen LogP contribution in [0.5, 0.6) is 0 Å². The van der Waals surface area contributed by atoms with Crippen LogP contribution in [0, 0.1) is 13.7 Å². The summed E-state index contributed by atoms with van der Waals surface area (Å²) in [5.74, 6) is 0. The lowest BCUT2D eigenvalue weighted by Crippen LogP contribution is -2.02. The molecule has 0 radical (unpaired) electrons. The number of nitro benzene ring substituents is 1. The average Bonchev–Trinajstić information content (AvgIpc) is 2.74. The van der Waals surface area contributed by atoms with Crippen LogP contribution in [0.2, 0.25) is 0 Å². The van der Waals surface area contributed by atoms with Crippen LogP contribution < -0.4 is 0 Å². The van der Waals surface area contributed by atoms with E-state index in [4.69, 9.17) is 0 Å². The summed E-state index contributed by atoms with van der Waals surface area (Å²) in [6.07, 6.45) is 2.58. The highest BCUT2D eigenvalue weighted by atomic mass is 127. The van der Waals surface area contributed by atoms with Crippen LogP contribution >= 0.6 is 22.6 Å². The Balaban J connectivity index is 2.57. The van der Waals surface area contributed by atoms with E-state index in [-0.39, 0.29) is 5.69 Å². The molecule has 0 bridgehead atoms. The summed E-state index contributed by atoms with van der Waals surface area (Å²) < 4.78 is 2.34. The standard InChI is InChI=1S/C11H10IN3O3/c1-7(16)8-2-3-10(11(4-8)15(17)18)14-6-9(12)5-13-14/h2-7,16H,1H3/t7-/m1/s1. The highest BCUT2D eigenvalue weighted by Crippen LogP contribution is 2.26. The SMILES string of the molecule is C[C@@H](O)c1ccc(-n2cc(I)cn2)c([N+](=O)[O-])c1. The van der Waals surface area contributed by atoms with Gasteiger partial charge in [0.1, 0.15) is 5.69 Å². The van der Waals surface area contributed by atoms with Gasteiger partial charge in [-0.3, -0.25) is 10.1 Å². The van der Waals surface area contributed by atoms with Gasteiger partial charge < -0.3 is 5.11 Å². The van der Waals surface area contributed by atoms with E-state index in [0.717, 1.165) is 3.57 Å². The summed E-state index contributed by atoms with van der Waals surface area (Å²) in [4.78, 5) is 10.6. The smallest absolute Gasteiger partial charge is 0.295 e. The first-order valence-electron chi connectivity index (χ1n) is 5.16. The fourth-order valence-corrected chi connectivity index (χ4v) is 1.96. The number of hydrogen-bond acceptors (Lipinski definition) is 4. The van der Waals surface area contributed by atoms with Crippen molar-refractivity contribution in [2.24, 2.45) is 0 Å². The number of aromatic nitrogens is 2. The molecule has 0 saturated carbocycles. The molecule has 0 saturated heterocycles. The quantitative estimate of drug-likeness (QED) is 0.519. The van der Waals surface area contributed by atoms with Crippen molar-refractivity contribution in [1.82, 2.24) is 9.78 Å². The fraction of sp³-hybridized carbons (Fsp3) is 0.182. The Morgan fingerprint density at radius 3 is 2.78 bits per heavy atom. The molecule has 2 rings (SSSR count). The lowest BCUT2D eigenvalue weighted by molar-refractivity contribution is -0.384. The Morgan fingerprint density at radius 1 is 1.56 bits per heavy atom. The van der Waals surface area contributed by atoms with Crippen molar-refractivity contribution in [2.75, 3.05) is 0 Å². The van der Waals surface area contributed by atoms with Gasteiger partial charge in [-0.2, -0.15) is 5.10 Å². The third kappa shape index (κ3) is 2.51. The number of hydrogen-bond donors (Lipinski definition) is 1. The van der Waals surface area contributed by atoms with Gasteiger partial charge in [0, 0.05) is 12.3 Å². The fourth-order valence-electron chi connectivity index (χ4n) is 1.57. The van der Waals surface area contributed by atoms with Crippen LogP contribution in [0.1, 0.15) is 18.6 Å². The minimum absolute atomic E-state index is 0.0760. The number of nitrogens with zero attached hydrogens (tertiary/aromatic N) is 3. The molecular weight excluding hydrogens is 349 g/mol. The molecule has 18 heavy (non-hydrogen) atoms. The first-order chi connectivity index (χ1) is 8.49. The lowest BCUT2D eigenvalue weighted by Gasteiger charge is -2.07. The number of nitro groups is 1. The molecule has 1 heterocycles. The molecule has 0 amide bonds. The second kappa shape index (κ2) is 5.02. The summed E-state index contributed by atoms with van der Waals surface area (Å²) in [5, 5.41) is 24.6. The molecule has 0 spiro atoms. The molecule has 7 heteroatoms. The number of aliphatic hydroxyl groups excluding tert-OH is 1.